The van der Waals surface area contributed by atoms with Crippen LogP contribution in [0.1, 0.15) is 27.4 Å². The fourth-order valence-electron chi connectivity index (χ4n) is 2.59. The zero-order valence-corrected chi connectivity index (χ0v) is 16.5. The van der Waals surface area contributed by atoms with E-state index < -0.39 is 0 Å². The number of carbonyl (C=O) groups excluding carboxylic acids is 1. The molecule has 0 radical (unpaired) electrons. The number of rotatable bonds is 7. The molecule has 2 heterocycles. The first kappa shape index (κ1) is 18.5. The molecule has 0 aliphatic heterocycles. The smallest absolute Gasteiger partial charge is 0.293 e. The van der Waals surface area contributed by atoms with Gasteiger partial charge < -0.3 is 4.42 Å². The van der Waals surface area contributed by atoms with Crippen molar-refractivity contribution in [1.29, 1.82) is 0 Å². The molecule has 0 aliphatic rings. The molecule has 2 aromatic carbocycles. The third kappa shape index (κ3) is 4.88. The predicted molar refractivity (Wildman–Crippen MR) is 112 cm³/mol. The maximum absolute atomic E-state index is 12.4. The maximum Gasteiger partial charge on any atom is 0.293 e. The number of nitrogens with one attached hydrogen (secondary N) is 1. The number of amides is 1. The van der Waals surface area contributed by atoms with Crippen LogP contribution in [-0.2, 0) is 12.2 Å². The van der Waals surface area contributed by atoms with E-state index in [0.717, 1.165) is 21.4 Å². The van der Waals surface area contributed by atoms with E-state index in [-0.39, 0.29) is 11.7 Å². The summed E-state index contributed by atoms with van der Waals surface area (Å²) in [6.45, 7) is 0. The lowest BCUT2D eigenvalue weighted by atomic mass is 10.1. The summed E-state index contributed by atoms with van der Waals surface area (Å²) >= 11 is 2.94. The summed E-state index contributed by atoms with van der Waals surface area (Å²) in [5, 5.41) is 11.4. The van der Waals surface area contributed by atoms with Crippen LogP contribution < -0.4 is 5.32 Å². The molecule has 7 heteroatoms. The first-order valence-electron chi connectivity index (χ1n) is 8.70. The van der Waals surface area contributed by atoms with Gasteiger partial charge in [-0.3, -0.25) is 10.1 Å². The van der Waals surface area contributed by atoms with Crippen molar-refractivity contribution in [3.63, 3.8) is 0 Å². The van der Waals surface area contributed by atoms with Crippen LogP contribution in [0.3, 0.4) is 0 Å². The predicted octanol–water partition coefficient (Wildman–Crippen LogP) is 5.27. The van der Waals surface area contributed by atoms with Crippen LogP contribution in [-0.4, -0.2) is 16.1 Å². The standard InChI is InChI=1S/C21H17N3O2S2/c25-19(18-12-11-17(26-18)13-15-7-3-1-4-8-15)22-20-23-24-21(28-20)27-14-16-9-5-2-6-10-16/h1-12H,13-14H2,(H,22,23,25). The highest BCUT2D eigenvalue weighted by molar-refractivity contribution is 8.00. The number of hydrogen-bond donors (Lipinski definition) is 1. The van der Waals surface area contributed by atoms with E-state index in [1.165, 1.54) is 16.9 Å². The molecule has 0 saturated carbocycles. The van der Waals surface area contributed by atoms with Crippen molar-refractivity contribution in [2.75, 3.05) is 5.32 Å². The highest BCUT2D eigenvalue weighted by Crippen LogP contribution is 2.28. The summed E-state index contributed by atoms with van der Waals surface area (Å²) in [6.07, 6.45) is 0.646. The van der Waals surface area contributed by atoms with Gasteiger partial charge in [0.2, 0.25) is 5.13 Å². The summed E-state index contributed by atoms with van der Waals surface area (Å²) in [6, 6.07) is 23.6. The lowest BCUT2D eigenvalue weighted by Gasteiger charge is -1.99. The second kappa shape index (κ2) is 8.86. The van der Waals surface area contributed by atoms with E-state index in [9.17, 15) is 4.79 Å². The topological polar surface area (TPSA) is 68.0 Å². The van der Waals surface area contributed by atoms with Crippen LogP contribution in [0.25, 0.3) is 0 Å². The number of aromatic nitrogens is 2. The first-order chi connectivity index (χ1) is 13.8. The molecule has 0 bridgehead atoms. The Morgan fingerprint density at radius 1 is 0.929 bits per heavy atom. The van der Waals surface area contributed by atoms with E-state index in [2.05, 4.69) is 27.6 Å². The summed E-state index contributed by atoms with van der Waals surface area (Å²) in [4.78, 5) is 12.4. The van der Waals surface area contributed by atoms with Gasteiger partial charge in [-0.05, 0) is 23.3 Å². The summed E-state index contributed by atoms with van der Waals surface area (Å²) in [5.74, 6) is 1.49. The SMILES string of the molecule is O=C(Nc1nnc(SCc2ccccc2)s1)c1ccc(Cc2ccccc2)o1. The van der Waals surface area contributed by atoms with Crippen molar-refractivity contribution in [1.82, 2.24) is 10.2 Å². The molecular weight excluding hydrogens is 390 g/mol. The Bertz CT molecular complexity index is 1050. The van der Waals surface area contributed by atoms with Gasteiger partial charge in [0.05, 0.1) is 0 Å². The Kier molecular flexibility index (Phi) is 5.84. The fraction of sp³-hybridized carbons (Fsp3) is 0.0952. The van der Waals surface area contributed by atoms with E-state index >= 15 is 0 Å². The van der Waals surface area contributed by atoms with E-state index in [0.29, 0.717) is 11.6 Å². The van der Waals surface area contributed by atoms with Gasteiger partial charge in [-0.25, -0.2) is 0 Å². The van der Waals surface area contributed by atoms with E-state index in [4.69, 9.17) is 4.42 Å². The Balaban J connectivity index is 1.33. The molecule has 1 amide bonds. The number of nitrogens with zero attached hydrogens (tertiary/aromatic N) is 2. The number of carbonyl (C=O) groups is 1. The first-order valence-corrected chi connectivity index (χ1v) is 10.5. The van der Waals surface area contributed by atoms with Gasteiger partial charge >= 0.3 is 0 Å². The number of hydrogen-bond acceptors (Lipinski definition) is 6. The number of benzene rings is 2. The summed E-state index contributed by atoms with van der Waals surface area (Å²) in [5.41, 5.74) is 2.35. The van der Waals surface area contributed by atoms with Crippen LogP contribution in [0.15, 0.2) is 81.6 Å². The Labute approximate surface area is 170 Å². The molecule has 4 aromatic rings. The van der Waals surface area contributed by atoms with Crippen molar-refractivity contribution in [2.24, 2.45) is 0 Å². The lowest BCUT2D eigenvalue weighted by Crippen LogP contribution is -2.10. The molecule has 0 atom stereocenters. The van der Waals surface area contributed by atoms with Crippen LogP contribution in [0.4, 0.5) is 5.13 Å². The van der Waals surface area contributed by atoms with Gasteiger partial charge in [-0.1, -0.05) is 83.8 Å². The monoisotopic (exact) mass is 407 g/mol. The molecule has 140 valence electrons. The van der Waals surface area contributed by atoms with Gasteiger partial charge in [0.1, 0.15) is 5.76 Å². The van der Waals surface area contributed by atoms with Crippen molar-refractivity contribution in [3.05, 3.63) is 95.4 Å². The molecule has 5 nitrogen and oxygen atoms in total. The number of thioether (sulfide) groups is 1. The number of furan rings is 1. The third-order valence-electron chi connectivity index (χ3n) is 3.94. The van der Waals surface area contributed by atoms with Crippen molar-refractivity contribution >= 4 is 34.1 Å². The fourth-order valence-corrected chi connectivity index (χ4v) is 4.29. The molecule has 4 rings (SSSR count). The van der Waals surface area contributed by atoms with E-state index in [1.807, 2.05) is 54.6 Å². The maximum atomic E-state index is 12.4. The van der Waals surface area contributed by atoms with Crippen molar-refractivity contribution < 1.29 is 9.21 Å². The largest absolute Gasteiger partial charge is 0.456 e. The minimum absolute atomic E-state index is 0.264. The van der Waals surface area contributed by atoms with Crippen LogP contribution >= 0.6 is 23.1 Å². The van der Waals surface area contributed by atoms with Gasteiger partial charge in [0.15, 0.2) is 10.1 Å². The Morgan fingerprint density at radius 3 is 2.39 bits per heavy atom. The summed E-state index contributed by atoms with van der Waals surface area (Å²) in [7, 11) is 0. The Hall–Kier alpha value is -2.90. The average Bonchev–Trinajstić information content (AvgIpc) is 3.38. The molecular formula is C21H17N3O2S2. The molecule has 0 spiro atoms. The third-order valence-corrected chi connectivity index (χ3v) is 5.98. The van der Waals surface area contributed by atoms with Gasteiger partial charge in [-0.15, -0.1) is 10.2 Å². The minimum Gasteiger partial charge on any atom is -0.456 e. The molecule has 0 aliphatic carbocycles. The lowest BCUT2D eigenvalue weighted by molar-refractivity contribution is 0.0995. The van der Waals surface area contributed by atoms with Gasteiger partial charge in [0, 0.05) is 12.2 Å². The molecule has 0 fully saturated rings. The highest BCUT2D eigenvalue weighted by atomic mass is 32.2. The van der Waals surface area contributed by atoms with Crippen molar-refractivity contribution in [3.8, 4) is 0 Å². The minimum atomic E-state index is -0.324. The zero-order chi connectivity index (χ0) is 19.2. The average molecular weight is 408 g/mol. The Morgan fingerprint density at radius 2 is 1.64 bits per heavy atom. The van der Waals surface area contributed by atoms with E-state index in [1.54, 1.807) is 17.8 Å². The van der Waals surface area contributed by atoms with Crippen LogP contribution in [0, 0.1) is 0 Å². The normalized spacial score (nSPS) is 10.7. The van der Waals surface area contributed by atoms with Gasteiger partial charge in [0.25, 0.3) is 5.91 Å². The number of anilines is 1. The molecule has 0 saturated heterocycles. The summed E-state index contributed by atoms with van der Waals surface area (Å²) < 4.78 is 6.48. The molecule has 0 unspecified atom stereocenters. The van der Waals surface area contributed by atoms with Crippen LogP contribution in [0.2, 0.25) is 0 Å². The second-order valence-electron chi connectivity index (χ2n) is 6.03. The zero-order valence-electron chi connectivity index (χ0n) is 14.9. The van der Waals surface area contributed by atoms with Gasteiger partial charge in [-0.2, -0.15) is 0 Å². The highest BCUT2D eigenvalue weighted by Gasteiger charge is 2.14. The second-order valence-corrected chi connectivity index (χ2v) is 8.23. The van der Waals surface area contributed by atoms with Crippen LogP contribution in [0.5, 0.6) is 0 Å². The quantitative estimate of drug-likeness (QED) is 0.334. The molecule has 28 heavy (non-hydrogen) atoms. The molecule has 2 aromatic heterocycles. The molecule has 1 N–H and O–H groups in total. The van der Waals surface area contributed by atoms with Crippen molar-refractivity contribution in [2.45, 2.75) is 16.5 Å².